The molecule has 3 aliphatic rings. The smallest absolute Gasteiger partial charge is 0.0921 e. The van der Waals surface area contributed by atoms with Crippen molar-refractivity contribution >= 4 is 49.3 Å². The van der Waals surface area contributed by atoms with Gasteiger partial charge in [-0.3, -0.25) is 9.97 Å². The summed E-state index contributed by atoms with van der Waals surface area (Å²) in [5.41, 5.74) is 8.02. The Bertz CT molecular complexity index is 2060. The van der Waals surface area contributed by atoms with E-state index in [1.807, 2.05) is 48.7 Å². The van der Waals surface area contributed by atoms with Crippen LogP contribution in [0.5, 0.6) is 0 Å². The number of aliphatic hydroxyl groups is 1. The number of hydrogen-bond donors (Lipinski definition) is 1. The number of piperidine rings is 1. The Morgan fingerprint density at radius 3 is 2.36 bits per heavy atom. The highest BCUT2D eigenvalue weighted by Crippen LogP contribution is 2.61. The maximum Gasteiger partial charge on any atom is 0.0921 e. The molecule has 4 aromatic carbocycles. The Kier molecular flexibility index (Phi) is 7.26. The average molecular weight is 675 g/mol. The molecule has 2 unspecified atom stereocenters. The summed E-state index contributed by atoms with van der Waals surface area (Å²) >= 11 is 9.88. The first-order valence-electron chi connectivity index (χ1n) is 15.6. The summed E-state index contributed by atoms with van der Waals surface area (Å²) in [6, 6.07) is 35.7. The van der Waals surface area contributed by atoms with Crippen LogP contribution in [0, 0.1) is 0 Å². The van der Waals surface area contributed by atoms with Gasteiger partial charge in [0.2, 0.25) is 0 Å². The van der Waals surface area contributed by atoms with E-state index in [2.05, 4.69) is 91.5 Å². The van der Waals surface area contributed by atoms with E-state index >= 15 is 0 Å². The van der Waals surface area contributed by atoms with Crippen LogP contribution < -0.4 is 0 Å². The van der Waals surface area contributed by atoms with Crippen LogP contribution in [0.3, 0.4) is 0 Å². The minimum atomic E-state index is -0.786. The van der Waals surface area contributed by atoms with Crippen molar-refractivity contribution in [2.24, 2.45) is 0 Å². The van der Waals surface area contributed by atoms with E-state index in [9.17, 15) is 5.11 Å². The van der Waals surface area contributed by atoms with Crippen molar-refractivity contribution in [2.75, 3.05) is 19.6 Å². The first-order valence-corrected chi connectivity index (χ1v) is 16.8. The highest BCUT2D eigenvalue weighted by atomic mass is 79.9. The molecule has 1 N–H and O–H groups in total. The van der Waals surface area contributed by atoms with Crippen molar-refractivity contribution in [3.8, 4) is 0 Å². The van der Waals surface area contributed by atoms with E-state index in [1.54, 1.807) is 6.20 Å². The maximum absolute atomic E-state index is 11.6. The van der Waals surface area contributed by atoms with Crippen LogP contribution in [0.1, 0.15) is 53.0 Å². The molecular formula is C39H33BrClN3O. The fourth-order valence-corrected chi connectivity index (χ4v) is 8.50. The lowest BCUT2D eigenvalue weighted by Crippen LogP contribution is -2.47. The second kappa shape index (κ2) is 11.3. The molecule has 2 bridgehead atoms. The summed E-state index contributed by atoms with van der Waals surface area (Å²) in [6.45, 7) is 2.74. The molecule has 45 heavy (non-hydrogen) atoms. The molecule has 2 atom stereocenters. The Morgan fingerprint density at radius 1 is 0.756 bits per heavy atom. The van der Waals surface area contributed by atoms with Gasteiger partial charge in [0.25, 0.3) is 0 Å². The molecule has 0 amide bonds. The number of aromatic nitrogens is 2. The summed E-state index contributed by atoms with van der Waals surface area (Å²) in [6.07, 6.45) is 6.22. The Morgan fingerprint density at radius 2 is 1.51 bits per heavy atom. The second-order valence-corrected chi connectivity index (χ2v) is 14.1. The number of fused-ring (bicyclic) bond motifs is 10. The predicted octanol–water partition coefficient (Wildman–Crippen LogP) is 9.00. The SMILES string of the molecule is Brc1ccc2cccnc2c1.OC1(c2ccc3ncccc3c2)CCN(CC23CC(c4ccccc42)c2ccc(Cl)cc23)CC1. The molecule has 2 aromatic heterocycles. The lowest BCUT2D eigenvalue weighted by Gasteiger charge is -2.43. The number of likely N-dealkylation sites (tertiary alicyclic amines) is 1. The molecule has 4 nitrogen and oxygen atoms in total. The number of hydrogen-bond acceptors (Lipinski definition) is 4. The van der Waals surface area contributed by atoms with Gasteiger partial charge in [0.1, 0.15) is 0 Å². The van der Waals surface area contributed by atoms with E-state index in [0.29, 0.717) is 5.92 Å². The molecule has 1 fully saturated rings. The summed E-state index contributed by atoms with van der Waals surface area (Å²) in [5, 5.41) is 14.7. The topological polar surface area (TPSA) is 49.3 Å². The zero-order chi connectivity index (χ0) is 30.6. The van der Waals surface area contributed by atoms with Gasteiger partial charge in [0.05, 0.1) is 16.6 Å². The van der Waals surface area contributed by atoms with Crippen LogP contribution in [-0.2, 0) is 11.0 Å². The van der Waals surface area contributed by atoms with Crippen LogP contribution in [0.25, 0.3) is 21.8 Å². The van der Waals surface area contributed by atoms with E-state index in [-0.39, 0.29) is 5.41 Å². The lowest BCUT2D eigenvalue weighted by atomic mass is 9.74. The number of pyridine rings is 2. The van der Waals surface area contributed by atoms with Gasteiger partial charge in [0, 0.05) is 63.6 Å². The lowest BCUT2D eigenvalue weighted by molar-refractivity contribution is -0.0288. The van der Waals surface area contributed by atoms with Crippen molar-refractivity contribution in [1.82, 2.24) is 14.9 Å². The summed E-state index contributed by atoms with van der Waals surface area (Å²) in [7, 11) is 0. The zero-order valence-corrected chi connectivity index (χ0v) is 27.2. The molecule has 9 rings (SSSR count). The predicted molar refractivity (Wildman–Crippen MR) is 186 cm³/mol. The Labute approximate surface area is 276 Å². The Balaban J connectivity index is 0.000000230. The van der Waals surface area contributed by atoms with E-state index < -0.39 is 5.60 Å². The third-order valence-corrected chi connectivity index (χ3v) is 10.9. The molecule has 6 heteroatoms. The Hall–Kier alpha value is -3.61. The van der Waals surface area contributed by atoms with E-state index in [1.165, 1.54) is 27.6 Å². The van der Waals surface area contributed by atoms with Gasteiger partial charge >= 0.3 is 0 Å². The first kappa shape index (κ1) is 28.8. The fourth-order valence-electron chi connectivity index (χ4n) is 7.98. The quantitative estimate of drug-likeness (QED) is 0.204. The molecule has 224 valence electrons. The minimum absolute atomic E-state index is 0.00837. The summed E-state index contributed by atoms with van der Waals surface area (Å²) in [5.74, 6) is 0.469. The van der Waals surface area contributed by atoms with Gasteiger partial charge in [-0.25, -0.2) is 0 Å². The van der Waals surface area contributed by atoms with Crippen LogP contribution >= 0.6 is 27.5 Å². The number of rotatable bonds is 3. The van der Waals surface area contributed by atoms with Gasteiger partial charge in [-0.1, -0.05) is 82.1 Å². The van der Waals surface area contributed by atoms with Crippen molar-refractivity contribution < 1.29 is 5.11 Å². The van der Waals surface area contributed by atoms with Crippen LogP contribution in [0.2, 0.25) is 5.02 Å². The average Bonchev–Trinajstić information content (AvgIpc) is 3.57. The highest BCUT2D eigenvalue weighted by molar-refractivity contribution is 9.10. The van der Waals surface area contributed by atoms with Gasteiger partial charge in [0.15, 0.2) is 0 Å². The second-order valence-electron chi connectivity index (χ2n) is 12.7. The first-order chi connectivity index (χ1) is 21.9. The molecule has 1 aliphatic heterocycles. The number of benzene rings is 4. The van der Waals surface area contributed by atoms with E-state index in [0.717, 1.165) is 70.4 Å². The molecule has 0 radical (unpaired) electrons. The van der Waals surface area contributed by atoms with Crippen LogP contribution in [0.15, 0.2) is 120 Å². The normalized spacial score (nSPS) is 21.3. The molecular weight excluding hydrogens is 642 g/mol. The minimum Gasteiger partial charge on any atom is -0.385 e. The monoisotopic (exact) mass is 673 g/mol. The zero-order valence-electron chi connectivity index (χ0n) is 24.8. The third-order valence-electron chi connectivity index (χ3n) is 10.2. The molecule has 0 saturated carbocycles. The van der Waals surface area contributed by atoms with Gasteiger partial charge in [-0.2, -0.15) is 0 Å². The highest BCUT2D eigenvalue weighted by Gasteiger charge is 2.53. The molecule has 0 spiro atoms. The number of nitrogens with zero attached hydrogens (tertiary/aromatic N) is 3. The molecule has 1 saturated heterocycles. The largest absolute Gasteiger partial charge is 0.385 e. The third kappa shape index (κ3) is 5.07. The van der Waals surface area contributed by atoms with Crippen molar-refractivity contribution in [3.05, 3.63) is 153 Å². The standard InChI is InChI=1S/C30H27ClN2O.C9H6BrN/c31-22-8-9-24-25-18-29(27(24)17-22,26-6-2-1-5-23(25)26)19-33-14-11-30(34,12-15-33)21-7-10-28-20(16-21)4-3-13-32-28;10-8-4-3-7-2-1-5-11-9(7)6-8/h1-10,13,16-17,25,34H,11-12,14-15,18-19H2;1-6H. The van der Waals surface area contributed by atoms with Gasteiger partial charge < -0.3 is 10.0 Å². The molecule has 6 aromatic rings. The van der Waals surface area contributed by atoms with Crippen LogP contribution in [-0.4, -0.2) is 39.6 Å². The van der Waals surface area contributed by atoms with E-state index in [4.69, 9.17) is 11.6 Å². The number of halogens is 2. The van der Waals surface area contributed by atoms with Crippen molar-refractivity contribution in [2.45, 2.75) is 36.2 Å². The van der Waals surface area contributed by atoms with Crippen molar-refractivity contribution in [3.63, 3.8) is 0 Å². The van der Waals surface area contributed by atoms with Gasteiger partial charge in [-0.15, -0.1) is 0 Å². The van der Waals surface area contributed by atoms with Crippen molar-refractivity contribution in [1.29, 1.82) is 0 Å². The summed E-state index contributed by atoms with van der Waals surface area (Å²) < 4.78 is 1.07. The van der Waals surface area contributed by atoms with Gasteiger partial charge in [-0.05, 0) is 95.6 Å². The molecule has 2 aliphatic carbocycles. The molecule has 3 heterocycles. The maximum atomic E-state index is 11.6. The summed E-state index contributed by atoms with van der Waals surface area (Å²) in [4.78, 5) is 11.2. The van der Waals surface area contributed by atoms with Crippen LogP contribution in [0.4, 0.5) is 0 Å². The fraction of sp³-hybridized carbons (Fsp3) is 0.231.